The second kappa shape index (κ2) is 15.4. The van der Waals surface area contributed by atoms with Crippen LogP contribution in [0, 0.1) is 0 Å². The summed E-state index contributed by atoms with van der Waals surface area (Å²) in [6.45, 7) is 12.8. The second-order valence-electron chi connectivity index (χ2n) is 11.4. The van der Waals surface area contributed by atoms with Gasteiger partial charge in [0.05, 0.1) is 39.0 Å². The van der Waals surface area contributed by atoms with Crippen LogP contribution in [0.25, 0.3) is 65.3 Å². The Bertz CT molecular complexity index is 2200. The third-order valence-electron chi connectivity index (χ3n) is 7.62. The molecule has 4 heteroatoms. The second-order valence-corrected chi connectivity index (χ2v) is 11.4. The molecule has 0 saturated carbocycles. The van der Waals surface area contributed by atoms with Gasteiger partial charge >= 0.3 is 0 Å². The average Bonchev–Trinajstić information content (AvgIpc) is 3.10. The maximum absolute atomic E-state index is 4.87. The van der Waals surface area contributed by atoms with Crippen LogP contribution in [0.1, 0.15) is 65.8 Å². The van der Waals surface area contributed by atoms with Gasteiger partial charge in [-0.3, -0.25) is 15.0 Å². The molecule has 4 aromatic carbocycles. The Morgan fingerprint density at radius 2 is 0.935 bits per heavy atom. The lowest BCUT2D eigenvalue weighted by Crippen LogP contribution is -1.94. The number of aromatic nitrogens is 4. The molecule has 0 N–H and O–H groups in total. The molecule has 8 aromatic rings. The highest BCUT2D eigenvalue weighted by Gasteiger charge is 2.11. The van der Waals surface area contributed by atoms with Crippen LogP contribution in [0.15, 0.2) is 109 Å². The summed E-state index contributed by atoms with van der Waals surface area (Å²) in [5.41, 5.74) is 7.41. The minimum Gasteiger partial charge on any atom is -0.254 e. The molecule has 0 atom stereocenters. The van der Waals surface area contributed by atoms with Gasteiger partial charge in [0.1, 0.15) is 0 Å². The molecule has 4 nitrogen and oxygen atoms in total. The fourth-order valence-electron chi connectivity index (χ4n) is 5.67. The standard InChI is InChI=1S/2C18H14N2.2C3H8/c1-2-15-14-11-12-7-3-5-9-16(12)20-18(14)13-8-4-6-10-17(13)19-15;1-2-15-18-17(14-9-5-6-10-16(14)20-15)13-8-4-3-7-12(13)11-19-18;2*1-3-2/h2*3-11H,2H2,1H3;2*3H2,1-2H3. The Hall–Kier alpha value is -4.96. The summed E-state index contributed by atoms with van der Waals surface area (Å²) in [5, 5.41) is 8.32. The Kier molecular flexibility index (Phi) is 10.8. The van der Waals surface area contributed by atoms with Gasteiger partial charge in [-0.15, -0.1) is 0 Å². The van der Waals surface area contributed by atoms with Crippen molar-refractivity contribution in [1.29, 1.82) is 0 Å². The van der Waals surface area contributed by atoms with E-state index in [1.807, 2.05) is 30.5 Å². The van der Waals surface area contributed by atoms with Gasteiger partial charge in [0.2, 0.25) is 0 Å². The predicted octanol–water partition coefficient (Wildman–Crippen LogP) is 11.8. The summed E-state index contributed by atoms with van der Waals surface area (Å²) in [6.07, 6.45) is 6.27. The zero-order valence-electron chi connectivity index (χ0n) is 28.0. The van der Waals surface area contributed by atoms with Gasteiger partial charge < -0.3 is 0 Å². The fraction of sp³-hybridized carbons (Fsp3) is 0.238. The van der Waals surface area contributed by atoms with Crippen LogP contribution in [0.4, 0.5) is 0 Å². The van der Waals surface area contributed by atoms with E-state index in [1.54, 1.807) is 0 Å². The molecule has 0 radical (unpaired) electrons. The van der Waals surface area contributed by atoms with Gasteiger partial charge in [0.25, 0.3) is 0 Å². The Balaban J connectivity index is 0.000000155. The molecule has 0 aliphatic rings. The van der Waals surface area contributed by atoms with Crippen molar-refractivity contribution in [2.24, 2.45) is 0 Å². The monoisotopic (exact) mass is 604 g/mol. The van der Waals surface area contributed by atoms with Crippen molar-refractivity contribution < 1.29 is 0 Å². The van der Waals surface area contributed by atoms with Crippen molar-refractivity contribution in [3.05, 3.63) is 121 Å². The largest absolute Gasteiger partial charge is 0.254 e. The number of para-hydroxylation sites is 3. The summed E-state index contributed by atoms with van der Waals surface area (Å²) in [4.78, 5) is 19.1. The molecule has 8 rings (SSSR count). The first-order valence-corrected chi connectivity index (χ1v) is 16.7. The number of fused-ring (bicyclic) bond motifs is 9. The molecule has 0 aliphatic carbocycles. The first-order valence-electron chi connectivity index (χ1n) is 16.7. The van der Waals surface area contributed by atoms with Gasteiger partial charge in [-0.25, -0.2) is 4.98 Å². The van der Waals surface area contributed by atoms with Gasteiger partial charge in [0.15, 0.2) is 0 Å². The summed E-state index contributed by atoms with van der Waals surface area (Å²) in [7, 11) is 0. The van der Waals surface area contributed by atoms with Crippen LogP contribution >= 0.6 is 0 Å². The Labute approximate surface area is 272 Å². The highest BCUT2D eigenvalue weighted by atomic mass is 14.8. The van der Waals surface area contributed by atoms with Crippen LogP contribution in [0.5, 0.6) is 0 Å². The van der Waals surface area contributed by atoms with Crippen molar-refractivity contribution >= 4 is 65.3 Å². The minimum absolute atomic E-state index is 0.896. The van der Waals surface area contributed by atoms with E-state index >= 15 is 0 Å². The number of pyridine rings is 4. The van der Waals surface area contributed by atoms with Crippen molar-refractivity contribution in [2.75, 3.05) is 0 Å². The van der Waals surface area contributed by atoms with Crippen molar-refractivity contribution in [2.45, 2.75) is 67.2 Å². The highest BCUT2D eigenvalue weighted by molar-refractivity contribution is 6.18. The number of nitrogens with zero attached hydrogens (tertiary/aromatic N) is 4. The first-order chi connectivity index (χ1) is 22.6. The number of aryl methyl sites for hydroxylation is 2. The van der Waals surface area contributed by atoms with E-state index in [4.69, 9.17) is 15.0 Å². The molecule has 0 amide bonds. The van der Waals surface area contributed by atoms with Gasteiger partial charge in [-0.1, -0.05) is 133 Å². The molecule has 46 heavy (non-hydrogen) atoms. The molecule has 0 spiro atoms. The quantitative estimate of drug-likeness (QED) is 0.145. The third-order valence-corrected chi connectivity index (χ3v) is 7.62. The third kappa shape index (κ3) is 6.67. The highest BCUT2D eigenvalue weighted by Crippen LogP contribution is 2.32. The zero-order valence-corrected chi connectivity index (χ0v) is 28.0. The topological polar surface area (TPSA) is 51.6 Å². The normalized spacial score (nSPS) is 10.7. The number of benzene rings is 4. The van der Waals surface area contributed by atoms with Crippen LogP contribution in [0.2, 0.25) is 0 Å². The van der Waals surface area contributed by atoms with E-state index in [-0.39, 0.29) is 0 Å². The molecular formula is C42H44N4. The lowest BCUT2D eigenvalue weighted by molar-refractivity contribution is 1.07. The van der Waals surface area contributed by atoms with Crippen molar-refractivity contribution in [3.63, 3.8) is 0 Å². The zero-order chi connectivity index (χ0) is 32.5. The molecule has 0 saturated heterocycles. The van der Waals surface area contributed by atoms with E-state index in [1.165, 1.54) is 45.2 Å². The summed E-state index contributed by atoms with van der Waals surface area (Å²) < 4.78 is 0. The smallest absolute Gasteiger partial charge is 0.0930 e. The van der Waals surface area contributed by atoms with Gasteiger partial charge in [0, 0.05) is 38.5 Å². The Morgan fingerprint density at radius 3 is 1.59 bits per heavy atom. The average molecular weight is 605 g/mol. The molecule has 0 fully saturated rings. The Morgan fingerprint density at radius 1 is 0.435 bits per heavy atom. The van der Waals surface area contributed by atoms with Crippen molar-refractivity contribution in [3.8, 4) is 0 Å². The molecule has 0 bridgehead atoms. The van der Waals surface area contributed by atoms with E-state index in [0.29, 0.717) is 0 Å². The molecule has 232 valence electrons. The molecular weight excluding hydrogens is 560 g/mol. The minimum atomic E-state index is 0.896. The van der Waals surface area contributed by atoms with E-state index in [9.17, 15) is 0 Å². The summed E-state index contributed by atoms with van der Waals surface area (Å²) in [6, 6.07) is 35.5. The van der Waals surface area contributed by atoms with E-state index < -0.39 is 0 Å². The molecule has 4 heterocycles. The number of rotatable bonds is 2. The lowest BCUT2D eigenvalue weighted by Gasteiger charge is -2.10. The summed E-state index contributed by atoms with van der Waals surface area (Å²) >= 11 is 0. The summed E-state index contributed by atoms with van der Waals surface area (Å²) in [5.74, 6) is 0. The van der Waals surface area contributed by atoms with Crippen molar-refractivity contribution in [1.82, 2.24) is 19.9 Å². The van der Waals surface area contributed by atoms with Crippen LogP contribution in [-0.4, -0.2) is 19.9 Å². The van der Waals surface area contributed by atoms with E-state index in [2.05, 4.69) is 125 Å². The predicted molar refractivity (Wildman–Crippen MR) is 200 cm³/mol. The number of hydrogen-bond donors (Lipinski definition) is 0. The van der Waals surface area contributed by atoms with Crippen LogP contribution < -0.4 is 0 Å². The van der Waals surface area contributed by atoms with Crippen LogP contribution in [-0.2, 0) is 12.8 Å². The molecule has 0 aliphatic heterocycles. The lowest BCUT2D eigenvalue weighted by atomic mass is 10.0. The molecule has 4 aromatic heterocycles. The van der Waals surface area contributed by atoms with Gasteiger partial charge in [-0.05, 0) is 42.5 Å². The first kappa shape index (κ1) is 32.4. The number of hydrogen-bond acceptors (Lipinski definition) is 4. The van der Waals surface area contributed by atoms with Gasteiger partial charge in [-0.2, -0.15) is 0 Å². The van der Waals surface area contributed by atoms with Crippen LogP contribution in [0.3, 0.4) is 0 Å². The maximum Gasteiger partial charge on any atom is 0.0930 e. The fourth-order valence-corrected chi connectivity index (χ4v) is 5.67. The molecule has 0 unspecified atom stereocenters. The maximum atomic E-state index is 4.87. The SMILES string of the molecule is CCC.CCC.CCc1nc2ccccc2c2c1ncc1ccccc12.CCc1nc2ccccc2c2nc3ccccc3cc12. The van der Waals surface area contributed by atoms with E-state index in [0.717, 1.165) is 57.2 Å².